The van der Waals surface area contributed by atoms with Gasteiger partial charge in [0.15, 0.2) is 0 Å². The molecular formula is C13H18F3NO3. The van der Waals surface area contributed by atoms with Crippen molar-refractivity contribution in [2.75, 3.05) is 26.3 Å². The van der Waals surface area contributed by atoms with Gasteiger partial charge in [0.2, 0.25) is 0 Å². The van der Waals surface area contributed by atoms with Gasteiger partial charge in [0.25, 0.3) is 5.92 Å². The van der Waals surface area contributed by atoms with Crippen molar-refractivity contribution in [3.63, 3.8) is 0 Å². The molecule has 1 rings (SSSR count). The maximum absolute atomic E-state index is 13.2. The van der Waals surface area contributed by atoms with E-state index in [-0.39, 0.29) is 19.8 Å². The Morgan fingerprint density at radius 3 is 2.65 bits per heavy atom. The second kappa shape index (κ2) is 8.21. The van der Waals surface area contributed by atoms with E-state index in [0.29, 0.717) is 5.56 Å². The Bertz CT molecular complexity index is 404. The highest BCUT2D eigenvalue weighted by molar-refractivity contribution is 5.16. The van der Waals surface area contributed by atoms with Crippen LogP contribution in [-0.4, -0.2) is 48.5 Å². The molecule has 0 amide bonds. The first-order valence-electron chi connectivity index (χ1n) is 6.13. The number of halogens is 3. The van der Waals surface area contributed by atoms with Crippen molar-refractivity contribution in [1.29, 1.82) is 0 Å². The molecule has 3 N–H and O–H groups in total. The van der Waals surface area contributed by atoms with Crippen molar-refractivity contribution in [3.8, 4) is 0 Å². The molecular weight excluding hydrogens is 275 g/mol. The molecule has 0 aliphatic rings. The lowest BCUT2D eigenvalue weighted by molar-refractivity contribution is -0.0505. The van der Waals surface area contributed by atoms with Crippen LogP contribution in [0.3, 0.4) is 0 Å². The van der Waals surface area contributed by atoms with E-state index in [1.165, 1.54) is 6.07 Å². The van der Waals surface area contributed by atoms with Crippen LogP contribution in [0.1, 0.15) is 5.56 Å². The molecule has 0 aromatic heterocycles. The number of ether oxygens (including phenoxy) is 1. The van der Waals surface area contributed by atoms with Gasteiger partial charge in [0.1, 0.15) is 12.4 Å². The molecule has 0 aliphatic heterocycles. The van der Waals surface area contributed by atoms with Crippen molar-refractivity contribution in [1.82, 2.24) is 5.32 Å². The summed E-state index contributed by atoms with van der Waals surface area (Å²) < 4.78 is 43.6. The van der Waals surface area contributed by atoms with Gasteiger partial charge < -0.3 is 20.3 Å². The normalized spacial score (nSPS) is 13.4. The summed E-state index contributed by atoms with van der Waals surface area (Å²) in [5, 5.41) is 20.1. The lowest BCUT2D eigenvalue weighted by Crippen LogP contribution is -2.40. The first-order valence-corrected chi connectivity index (χ1v) is 6.13. The molecule has 0 saturated heterocycles. The van der Waals surface area contributed by atoms with Gasteiger partial charge in [-0.3, -0.25) is 0 Å². The molecule has 0 bridgehead atoms. The lowest BCUT2D eigenvalue weighted by atomic mass is 10.2. The van der Waals surface area contributed by atoms with Gasteiger partial charge in [0.05, 0.1) is 25.9 Å². The Morgan fingerprint density at radius 2 is 2.00 bits per heavy atom. The number of alkyl halides is 2. The largest absolute Gasteiger partial charge is 0.390 e. The topological polar surface area (TPSA) is 61.7 Å². The third kappa shape index (κ3) is 6.33. The van der Waals surface area contributed by atoms with Crippen molar-refractivity contribution < 1.29 is 28.1 Å². The van der Waals surface area contributed by atoms with Crippen LogP contribution in [0.25, 0.3) is 0 Å². The Kier molecular flexibility index (Phi) is 6.94. The summed E-state index contributed by atoms with van der Waals surface area (Å²) in [7, 11) is 0. The van der Waals surface area contributed by atoms with E-state index in [0.717, 1.165) is 0 Å². The van der Waals surface area contributed by atoms with Crippen molar-refractivity contribution >= 4 is 0 Å². The van der Waals surface area contributed by atoms with E-state index >= 15 is 0 Å². The van der Waals surface area contributed by atoms with E-state index < -0.39 is 31.0 Å². The van der Waals surface area contributed by atoms with Gasteiger partial charge >= 0.3 is 0 Å². The van der Waals surface area contributed by atoms with E-state index in [4.69, 9.17) is 9.84 Å². The summed E-state index contributed by atoms with van der Waals surface area (Å²) in [6.07, 6.45) is -0.990. The van der Waals surface area contributed by atoms with Crippen LogP contribution in [0, 0.1) is 5.82 Å². The smallest absolute Gasteiger partial charge is 0.282 e. The fourth-order valence-corrected chi connectivity index (χ4v) is 1.46. The number of aliphatic hydroxyl groups is 2. The van der Waals surface area contributed by atoms with Crippen LogP contribution < -0.4 is 5.32 Å². The molecule has 0 spiro atoms. The number of hydrogen-bond donors (Lipinski definition) is 3. The minimum Gasteiger partial charge on any atom is -0.390 e. The van der Waals surface area contributed by atoms with Gasteiger partial charge in [-0.15, -0.1) is 0 Å². The average molecular weight is 293 g/mol. The Labute approximate surface area is 115 Å². The standard InChI is InChI=1S/C13H18F3NO3/c14-12-4-2-1-3-10(12)6-20-7-11(19)5-17-8-13(15,16)9-18/h1-4,11,17-19H,5-9H2. The molecule has 1 aromatic rings. The zero-order valence-corrected chi connectivity index (χ0v) is 10.9. The predicted octanol–water partition coefficient (Wildman–Crippen LogP) is 0.920. The second-order valence-corrected chi connectivity index (χ2v) is 4.41. The minimum absolute atomic E-state index is 0.00344. The predicted molar refractivity (Wildman–Crippen MR) is 67.0 cm³/mol. The zero-order chi connectivity index (χ0) is 15.0. The Balaban J connectivity index is 2.18. The Morgan fingerprint density at radius 1 is 1.30 bits per heavy atom. The molecule has 4 nitrogen and oxygen atoms in total. The van der Waals surface area contributed by atoms with Gasteiger partial charge in [-0.05, 0) is 6.07 Å². The first-order chi connectivity index (χ1) is 9.44. The number of nitrogens with one attached hydrogen (secondary N) is 1. The number of rotatable bonds is 9. The van der Waals surface area contributed by atoms with Gasteiger partial charge in [-0.25, -0.2) is 13.2 Å². The molecule has 1 aromatic carbocycles. The molecule has 20 heavy (non-hydrogen) atoms. The minimum atomic E-state index is -3.21. The monoisotopic (exact) mass is 293 g/mol. The second-order valence-electron chi connectivity index (χ2n) is 4.41. The van der Waals surface area contributed by atoms with Crippen LogP contribution in [0.2, 0.25) is 0 Å². The molecule has 1 atom stereocenters. The molecule has 114 valence electrons. The van der Waals surface area contributed by atoms with Gasteiger partial charge in [-0.2, -0.15) is 0 Å². The van der Waals surface area contributed by atoms with Crippen LogP contribution in [0.15, 0.2) is 24.3 Å². The summed E-state index contributed by atoms with van der Waals surface area (Å²) in [6, 6.07) is 6.07. The maximum Gasteiger partial charge on any atom is 0.282 e. The van der Waals surface area contributed by atoms with E-state index in [9.17, 15) is 18.3 Å². The highest BCUT2D eigenvalue weighted by atomic mass is 19.3. The quantitative estimate of drug-likeness (QED) is 0.633. The molecule has 0 saturated carbocycles. The number of benzene rings is 1. The molecule has 0 fully saturated rings. The zero-order valence-electron chi connectivity index (χ0n) is 10.9. The van der Waals surface area contributed by atoms with E-state index in [1.807, 2.05) is 0 Å². The summed E-state index contributed by atoms with van der Waals surface area (Å²) in [6.45, 7) is -2.19. The first kappa shape index (κ1) is 16.9. The lowest BCUT2D eigenvalue weighted by Gasteiger charge is -2.16. The summed E-state index contributed by atoms with van der Waals surface area (Å²) >= 11 is 0. The Hall–Kier alpha value is -1.15. The van der Waals surface area contributed by atoms with Crippen molar-refractivity contribution in [2.24, 2.45) is 0 Å². The van der Waals surface area contributed by atoms with Crippen LogP contribution in [0.5, 0.6) is 0 Å². The number of hydrogen-bond acceptors (Lipinski definition) is 4. The molecule has 1 unspecified atom stereocenters. The highest BCUT2D eigenvalue weighted by Gasteiger charge is 2.27. The molecule has 0 radical (unpaired) electrons. The molecule has 0 aliphatic carbocycles. The summed E-state index contributed by atoms with van der Waals surface area (Å²) in [4.78, 5) is 0. The van der Waals surface area contributed by atoms with Crippen molar-refractivity contribution in [3.05, 3.63) is 35.6 Å². The molecule has 0 heterocycles. The third-order valence-corrected chi connectivity index (χ3v) is 2.52. The average Bonchev–Trinajstić information content (AvgIpc) is 2.41. The molecule has 7 heteroatoms. The SMILES string of the molecule is OCC(F)(F)CNCC(O)COCc1ccccc1F. The van der Waals surface area contributed by atoms with Crippen LogP contribution >= 0.6 is 0 Å². The van der Waals surface area contributed by atoms with Crippen molar-refractivity contribution in [2.45, 2.75) is 18.6 Å². The van der Waals surface area contributed by atoms with Crippen LogP contribution in [-0.2, 0) is 11.3 Å². The maximum atomic E-state index is 13.2. The third-order valence-electron chi connectivity index (χ3n) is 2.52. The van der Waals surface area contributed by atoms with Gasteiger partial charge in [-0.1, -0.05) is 18.2 Å². The fourth-order valence-electron chi connectivity index (χ4n) is 1.46. The van der Waals surface area contributed by atoms with E-state index in [2.05, 4.69) is 5.32 Å². The number of aliphatic hydroxyl groups excluding tert-OH is 2. The van der Waals surface area contributed by atoms with Crippen LogP contribution in [0.4, 0.5) is 13.2 Å². The fraction of sp³-hybridized carbons (Fsp3) is 0.538. The highest BCUT2D eigenvalue weighted by Crippen LogP contribution is 2.10. The van der Waals surface area contributed by atoms with E-state index in [1.54, 1.807) is 18.2 Å². The summed E-state index contributed by atoms with van der Waals surface area (Å²) in [5.41, 5.74) is 0.361. The van der Waals surface area contributed by atoms with Gasteiger partial charge in [0, 0.05) is 12.1 Å². The summed E-state index contributed by atoms with van der Waals surface area (Å²) in [5.74, 6) is -3.61.